The third-order valence-electron chi connectivity index (χ3n) is 3.10. The summed E-state index contributed by atoms with van der Waals surface area (Å²) in [5, 5.41) is 8.48. The number of hydrogen-bond acceptors (Lipinski definition) is 2. The second kappa shape index (κ2) is 18.8. The van der Waals surface area contributed by atoms with Gasteiger partial charge in [-0.05, 0) is 12.2 Å². The number of aliphatic carboxylic acids is 1. The van der Waals surface area contributed by atoms with Crippen LogP contribution in [0.3, 0.4) is 0 Å². The van der Waals surface area contributed by atoms with Crippen molar-refractivity contribution in [2.75, 3.05) is 11.5 Å². The van der Waals surface area contributed by atoms with Gasteiger partial charge in [-0.1, -0.05) is 64.7 Å². The molecule has 4 heteroatoms. The van der Waals surface area contributed by atoms with Crippen LogP contribution in [0.25, 0.3) is 0 Å². The Labute approximate surface area is 145 Å². The van der Waals surface area contributed by atoms with Gasteiger partial charge in [0.1, 0.15) is 0 Å². The molecule has 0 aliphatic rings. The van der Waals surface area contributed by atoms with E-state index in [2.05, 4.69) is 6.92 Å². The van der Waals surface area contributed by atoms with Crippen LogP contribution < -0.4 is 0 Å². The Morgan fingerprint density at radius 2 is 1.32 bits per heavy atom. The first-order valence-electron chi connectivity index (χ1n) is 7.57. The van der Waals surface area contributed by atoms with Crippen molar-refractivity contribution in [3.05, 3.63) is 0 Å². The number of carbonyl (C=O) groups is 1. The number of carboxylic acid groups (broad SMARTS) is 1. The summed E-state index contributed by atoms with van der Waals surface area (Å²) >= 11 is 1.78. The van der Waals surface area contributed by atoms with Crippen molar-refractivity contribution in [1.82, 2.24) is 0 Å². The fourth-order valence-electron chi connectivity index (χ4n) is 1.95. The minimum Gasteiger partial charge on any atom is -0.481 e. The molecule has 0 aliphatic carbocycles. The molecule has 0 spiro atoms. The minimum atomic E-state index is -0.675. The van der Waals surface area contributed by atoms with Crippen LogP contribution in [-0.2, 0) is 4.79 Å². The molecule has 0 aromatic carbocycles. The summed E-state index contributed by atoms with van der Waals surface area (Å²) in [6.45, 7) is 2.26. The molecule has 0 aliphatic heterocycles. The van der Waals surface area contributed by atoms with Gasteiger partial charge in [0.15, 0.2) is 0 Å². The summed E-state index contributed by atoms with van der Waals surface area (Å²) in [7, 11) is 0. The van der Waals surface area contributed by atoms with Gasteiger partial charge in [0.25, 0.3) is 0 Å². The molecule has 0 atom stereocenters. The van der Waals surface area contributed by atoms with Crippen LogP contribution in [0.15, 0.2) is 0 Å². The van der Waals surface area contributed by atoms with E-state index in [4.69, 9.17) is 5.11 Å². The molecule has 0 saturated heterocycles. The quantitative estimate of drug-likeness (QED) is 0.372. The molecule has 0 aromatic heterocycles. The smallest absolute Gasteiger partial charge is 0.304 e. The van der Waals surface area contributed by atoms with E-state index in [-0.39, 0.29) is 29.6 Å². The molecular weight excluding hydrogens is 267 g/mol. The zero-order valence-corrected chi connectivity index (χ0v) is 15.8. The van der Waals surface area contributed by atoms with E-state index in [1.807, 2.05) is 0 Å². The van der Waals surface area contributed by atoms with E-state index < -0.39 is 5.97 Å². The summed E-state index contributed by atoms with van der Waals surface area (Å²) in [4.78, 5) is 10.3. The predicted molar refractivity (Wildman–Crippen MR) is 87.2 cm³/mol. The molecule has 2 nitrogen and oxygen atoms in total. The van der Waals surface area contributed by atoms with Crippen molar-refractivity contribution in [3.8, 4) is 0 Å². The van der Waals surface area contributed by atoms with Crippen molar-refractivity contribution >= 4 is 47.3 Å². The van der Waals surface area contributed by atoms with Gasteiger partial charge in [0.2, 0.25) is 0 Å². The van der Waals surface area contributed by atoms with Gasteiger partial charge in [-0.3, -0.25) is 4.79 Å². The Balaban J connectivity index is 0. The Bertz CT molecular complexity index is 189. The molecule has 0 unspecified atom stereocenters. The SMILES string of the molecule is CCCCCCCCCCCCSCCC(=O)O.[Na]. The van der Waals surface area contributed by atoms with Crippen molar-refractivity contribution in [2.45, 2.75) is 77.6 Å². The first-order valence-corrected chi connectivity index (χ1v) is 8.72. The van der Waals surface area contributed by atoms with Crippen molar-refractivity contribution in [1.29, 1.82) is 0 Å². The molecule has 1 N–H and O–H groups in total. The maximum Gasteiger partial charge on any atom is 0.304 e. The van der Waals surface area contributed by atoms with Crippen molar-refractivity contribution < 1.29 is 9.90 Å². The Morgan fingerprint density at radius 3 is 1.79 bits per heavy atom. The topological polar surface area (TPSA) is 37.3 Å². The van der Waals surface area contributed by atoms with Gasteiger partial charge in [-0.2, -0.15) is 11.8 Å². The molecule has 0 saturated carbocycles. The first-order chi connectivity index (χ1) is 8.77. The number of hydrogen-bond donors (Lipinski definition) is 1. The zero-order valence-electron chi connectivity index (χ0n) is 13.0. The molecular formula is C15H30NaO2S. The molecule has 0 aromatic rings. The normalized spacial score (nSPS) is 10.2. The van der Waals surface area contributed by atoms with Crippen LogP contribution in [0, 0.1) is 0 Å². The number of rotatable bonds is 14. The van der Waals surface area contributed by atoms with Gasteiger partial charge in [-0.15, -0.1) is 0 Å². The summed E-state index contributed by atoms with van der Waals surface area (Å²) in [5.74, 6) is 1.22. The summed E-state index contributed by atoms with van der Waals surface area (Å²) in [5.41, 5.74) is 0. The average Bonchev–Trinajstić information content (AvgIpc) is 2.34. The fraction of sp³-hybridized carbons (Fsp3) is 0.933. The van der Waals surface area contributed by atoms with E-state index in [1.165, 1.54) is 64.2 Å². The maximum absolute atomic E-state index is 10.3. The molecule has 1 radical (unpaired) electrons. The summed E-state index contributed by atoms with van der Waals surface area (Å²) in [6, 6.07) is 0. The molecule has 109 valence electrons. The Hall–Kier alpha value is 0.820. The van der Waals surface area contributed by atoms with Crippen LogP contribution >= 0.6 is 11.8 Å². The molecule has 0 bridgehead atoms. The minimum absolute atomic E-state index is 0. The second-order valence-electron chi connectivity index (χ2n) is 4.94. The second-order valence-corrected chi connectivity index (χ2v) is 6.16. The van der Waals surface area contributed by atoms with Crippen LogP contribution in [0.2, 0.25) is 0 Å². The maximum atomic E-state index is 10.3. The molecule has 0 amide bonds. The van der Waals surface area contributed by atoms with Crippen molar-refractivity contribution in [3.63, 3.8) is 0 Å². The van der Waals surface area contributed by atoms with Crippen LogP contribution in [0.1, 0.15) is 77.6 Å². The average molecular weight is 297 g/mol. The van der Waals surface area contributed by atoms with Gasteiger partial charge in [0.05, 0.1) is 6.42 Å². The van der Waals surface area contributed by atoms with Crippen LogP contribution in [0.4, 0.5) is 0 Å². The van der Waals surface area contributed by atoms with Gasteiger partial charge in [0, 0.05) is 35.3 Å². The van der Waals surface area contributed by atoms with Gasteiger partial charge < -0.3 is 5.11 Å². The van der Waals surface area contributed by atoms with Gasteiger partial charge in [-0.25, -0.2) is 0 Å². The predicted octanol–water partition coefficient (Wildman–Crippen LogP) is 4.73. The summed E-state index contributed by atoms with van der Waals surface area (Å²) in [6.07, 6.45) is 14.0. The molecule has 0 rings (SSSR count). The number of unbranched alkanes of at least 4 members (excludes halogenated alkanes) is 9. The van der Waals surface area contributed by atoms with Crippen LogP contribution in [0.5, 0.6) is 0 Å². The Morgan fingerprint density at radius 1 is 0.842 bits per heavy atom. The molecule has 19 heavy (non-hydrogen) atoms. The third kappa shape index (κ3) is 21.3. The van der Waals surface area contributed by atoms with E-state index >= 15 is 0 Å². The fourth-order valence-corrected chi connectivity index (χ4v) is 2.88. The van der Waals surface area contributed by atoms with Crippen LogP contribution in [-0.4, -0.2) is 52.1 Å². The van der Waals surface area contributed by atoms with Crippen molar-refractivity contribution in [2.24, 2.45) is 0 Å². The molecule has 0 fully saturated rings. The van der Waals surface area contributed by atoms with Gasteiger partial charge >= 0.3 is 5.97 Å². The third-order valence-corrected chi connectivity index (χ3v) is 4.17. The Kier molecular flexibility index (Phi) is 21.9. The number of carboxylic acids is 1. The largest absolute Gasteiger partial charge is 0.481 e. The van der Waals surface area contributed by atoms with E-state index in [0.717, 1.165) is 11.5 Å². The zero-order chi connectivity index (χ0) is 13.5. The summed E-state index contributed by atoms with van der Waals surface area (Å²) < 4.78 is 0. The standard InChI is InChI=1S/C15H30O2S.Na/c1-2-3-4-5-6-7-8-9-10-11-13-18-14-12-15(16)17;/h2-14H2,1H3,(H,16,17);. The first kappa shape index (κ1) is 22.1. The van der Waals surface area contributed by atoms with E-state index in [9.17, 15) is 4.79 Å². The number of thioether (sulfide) groups is 1. The molecule has 0 heterocycles. The monoisotopic (exact) mass is 297 g/mol. The van der Waals surface area contributed by atoms with E-state index in [1.54, 1.807) is 11.8 Å². The van der Waals surface area contributed by atoms with E-state index in [0.29, 0.717) is 6.42 Å².